The Morgan fingerprint density at radius 1 is 1.12 bits per heavy atom. The first-order chi connectivity index (χ1) is 11.0. The SMILES string of the molecule is CC(=O)C1=C(C)OC(=O)[C@@]1(NC(=O)c1ccc(C)cc1)C(F)(F)F. The molecule has 128 valence electrons. The van der Waals surface area contributed by atoms with Gasteiger partial charge in [-0.3, -0.25) is 9.59 Å². The number of ether oxygens (including phenoxy) is 1. The predicted molar refractivity (Wildman–Crippen MR) is 76.9 cm³/mol. The Balaban J connectivity index is 2.54. The molecule has 0 unspecified atom stereocenters. The third-order valence-electron chi connectivity index (χ3n) is 3.67. The summed E-state index contributed by atoms with van der Waals surface area (Å²) in [5.41, 5.74) is -3.70. The van der Waals surface area contributed by atoms with E-state index >= 15 is 0 Å². The molecule has 24 heavy (non-hydrogen) atoms. The topological polar surface area (TPSA) is 72.5 Å². The number of carbonyl (C=O) groups is 3. The largest absolute Gasteiger partial charge is 0.429 e. The van der Waals surface area contributed by atoms with Gasteiger partial charge in [-0.2, -0.15) is 13.2 Å². The highest BCUT2D eigenvalue weighted by Crippen LogP contribution is 2.43. The minimum absolute atomic E-state index is 0.0792. The molecule has 1 amide bonds. The molecule has 5 nitrogen and oxygen atoms in total. The standard InChI is InChI=1S/C16H14F3NO4/c1-8-4-6-11(7-5-8)13(22)20-15(16(17,18)19)12(9(2)21)10(3)24-14(15)23/h4-7H,1-3H3,(H,20,22)/t15-/m1/s1. The fourth-order valence-corrected chi connectivity index (χ4v) is 2.53. The Bertz CT molecular complexity index is 750. The van der Waals surface area contributed by atoms with Crippen LogP contribution in [0.4, 0.5) is 13.2 Å². The van der Waals surface area contributed by atoms with Crippen LogP contribution in [0.2, 0.25) is 0 Å². The molecule has 0 saturated carbocycles. The molecule has 1 aliphatic rings. The van der Waals surface area contributed by atoms with Crippen molar-refractivity contribution in [1.82, 2.24) is 5.32 Å². The normalized spacial score (nSPS) is 20.8. The highest BCUT2D eigenvalue weighted by Gasteiger charge is 2.69. The average molecular weight is 341 g/mol. The van der Waals surface area contributed by atoms with E-state index in [-0.39, 0.29) is 5.56 Å². The summed E-state index contributed by atoms with van der Waals surface area (Å²) in [5.74, 6) is -4.38. The van der Waals surface area contributed by atoms with E-state index < -0.39 is 40.7 Å². The third kappa shape index (κ3) is 2.68. The van der Waals surface area contributed by atoms with E-state index in [1.165, 1.54) is 24.3 Å². The van der Waals surface area contributed by atoms with Gasteiger partial charge in [0.15, 0.2) is 5.78 Å². The summed E-state index contributed by atoms with van der Waals surface area (Å²) in [4.78, 5) is 35.9. The molecule has 0 spiro atoms. The molecule has 1 aromatic carbocycles. The second kappa shape index (κ2) is 5.77. The lowest BCUT2D eigenvalue weighted by molar-refractivity contribution is -0.195. The summed E-state index contributed by atoms with van der Waals surface area (Å²) in [6.07, 6.45) is -5.25. The van der Waals surface area contributed by atoms with Crippen LogP contribution in [0.25, 0.3) is 0 Å². The smallest absolute Gasteiger partial charge is 0.427 e. The maximum Gasteiger partial charge on any atom is 0.427 e. The maximum atomic E-state index is 13.7. The second-order valence-electron chi connectivity index (χ2n) is 5.44. The van der Waals surface area contributed by atoms with E-state index in [1.807, 2.05) is 0 Å². The van der Waals surface area contributed by atoms with Crippen molar-refractivity contribution < 1.29 is 32.3 Å². The van der Waals surface area contributed by atoms with Crippen LogP contribution >= 0.6 is 0 Å². The summed E-state index contributed by atoms with van der Waals surface area (Å²) in [5, 5.41) is 1.66. The summed E-state index contributed by atoms with van der Waals surface area (Å²) < 4.78 is 45.6. The van der Waals surface area contributed by atoms with Gasteiger partial charge in [-0.25, -0.2) is 4.79 Å². The zero-order valence-corrected chi connectivity index (χ0v) is 13.1. The number of amides is 1. The van der Waals surface area contributed by atoms with Crippen LogP contribution in [0.3, 0.4) is 0 Å². The molecule has 2 rings (SSSR count). The molecular formula is C16H14F3NO4. The average Bonchev–Trinajstić information content (AvgIpc) is 2.70. The van der Waals surface area contributed by atoms with Crippen LogP contribution in [0.5, 0.6) is 0 Å². The van der Waals surface area contributed by atoms with Gasteiger partial charge in [0.1, 0.15) is 5.76 Å². The number of benzene rings is 1. The number of halogens is 3. The number of hydrogen-bond donors (Lipinski definition) is 1. The van der Waals surface area contributed by atoms with Crippen molar-refractivity contribution in [3.8, 4) is 0 Å². The monoisotopic (exact) mass is 341 g/mol. The van der Waals surface area contributed by atoms with Gasteiger partial charge in [0.25, 0.3) is 11.4 Å². The van der Waals surface area contributed by atoms with Gasteiger partial charge in [0, 0.05) is 5.56 Å². The number of hydrogen-bond acceptors (Lipinski definition) is 4. The van der Waals surface area contributed by atoms with Crippen LogP contribution in [-0.4, -0.2) is 29.4 Å². The van der Waals surface area contributed by atoms with E-state index in [4.69, 9.17) is 0 Å². The fourth-order valence-electron chi connectivity index (χ4n) is 2.53. The quantitative estimate of drug-likeness (QED) is 0.857. The van der Waals surface area contributed by atoms with Crippen molar-refractivity contribution in [3.05, 3.63) is 46.7 Å². The van der Waals surface area contributed by atoms with Crippen molar-refractivity contribution in [1.29, 1.82) is 0 Å². The number of Topliss-reactive ketones (excluding diaryl/α,β-unsaturated/α-hetero) is 1. The van der Waals surface area contributed by atoms with Crippen LogP contribution < -0.4 is 5.32 Å². The number of rotatable bonds is 3. The van der Waals surface area contributed by atoms with Crippen LogP contribution in [0, 0.1) is 6.92 Å². The van der Waals surface area contributed by atoms with Crippen molar-refractivity contribution in [3.63, 3.8) is 0 Å². The Labute approximate surface area is 135 Å². The van der Waals surface area contributed by atoms with Gasteiger partial charge >= 0.3 is 12.1 Å². The lowest BCUT2D eigenvalue weighted by Crippen LogP contribution is -2.64. The predicted octanol–water partition coefficient (Wildman–Crippen LogP) is 2.45. The summed E-state index contributed by atoms with van der Waals surface area (Å²) >= 11 is 0. The van der Waals surface area contributed by atoms with E-state index in [1.54, 1.807) is 12.2 Å². The number of carbonyl (C=O) groups excluding carboxylic acids is 3. The van der Waals surface area contributed by atoms with Crippen LogP contribution in [0.15, 0.2) is 35.6 Å². The molecule has 1 N–H and O–H groups in total. The van der Waals surface area contributed by atoms with E-state index in [2.05, 4.69) is 4.74 Å². The number of nitrogens with one attached hydrogen (secondary N) is 1. The Morgan fingerprint density at radius 3 is 2.12 bits per heavy atom. The molecule has 1 aromatic rings. The van der Waals surface area contributed by atoms with Gasteiger partial charge in [0.2, 0.25) is 0 Å². The molecule has 0 aliphatic carbocycles. The van der Waals surface area contributed by atoms with Crippen molar-refractivity contribution in [2.45, 2.75) is 32.5 Å². The highest BCUT2D eigenvalue weighted by atomic mass is 19.4. The molecule has 0 aromatic heterocycles. The van der Waals surface area contributed by atoms with Gasteiger partial charge in [-0.15, -0.1) is 0 Å². The minimum Gasteiger partial charge on any atom is -0.429 e. The number of aryl methyl sites for hydroxylation is 1. The Hall–Kier alpha value is -2.64. The lowest BCUT2D eigenvalue weighted by atomic mass is 9.86. The van der Waals surface area contributed by atoms with Crippen LogP contribution in [0.1, 0.15) is 29.8 Å². The first-order valence-electron chi connectivity index (χ1n) is 6.91. The summed E-state index contributed by atoms with van der Waals surface area (Å²) in [7, 11) is 0. The molecule has 0 saturated heterocycles. The molecule has 1 heterocycles. The first kappa shape index (κ1) is 17.7. The molecule has 0 bridgehead atoms. The van der Waals surface area contributed by atoms with Crippen molar-refractivity contribution in [2.75, 3.05) is 0 Å². The Kier molecular flexibility index (Phi) is 4.26. The van der Waals surface area contributed by atoms with Crippen molar-refractivity contribution in [2.24, 2.45) is 0 Å². The lowest BCUT2D eigenvalue weighted by Gasteiger charge is -2.30. The second-order valence-corrected chi connectivity index (χ2v) is 5.44. The molecule has 1 atom stereocenters. The zero-order chi connectivity index (χ0) is 18.3. The third-order valence-corrected chi connectivity index (χ3v) is 3.67. The van der Waals surface area contributed by atoms with Gasteiger partial charge in [0.05, 0.1) is 5.57 Å². The number of esters is 1. The molecule has 8 heteroatoms. The molecule has 1 aliphatic heterocycles. The van der Waals surface area contributed by atoms with Gasteiger partial charge < -0.3 is 10.1 Å². The molecule has 0 fully saturated rings. The zero-order valence-electron chi connectivity index (χ0n) is 13.1. The number of allylic oxidation sites excluding steroid dienone is 1. The Morgan fingerprint density at radius 2 is 1.67 bits per heavy atom. The number of alkyl halides is 3. The van der Waals surface area contributed by atoms with Gasteiger partial charge in [-0.1, -0.05) is 17.7 Å². The fraction of sp³-hybridized carbons (Fsp3) is 0.312. The number of ketones is 1. The maximum absolute atomic E-state index is 13.7. The van der Waals surface area contributed by atoms with Crippen LogP contribution in [-0.2, 0) is 14.3 Å². The van der Waals surface area contributed by atoms with E-state index in [9.17, 15) is 27.6 Å². The van der Waals surface area contributed by atoms with E-state index in [0.29, 0.717) is 0 Å². The molecule has 0 radical (unpaired) electrons. The molecular weight excluding hydrogens is 327 g/mol. The number of cyclic esters (lactones) is 1. The summed E-state index contributed by atoms with van der Waals surface area (Å²) in [6, 6.07) is 5.71. The van der Waals surface area contributed by atoms with E-state index in [0.717, 1.165) is 19.4 Å². The summed E-state index contributed by atoms with van der Waals surface area (Å²) in [6.45, 7) is 3.69. The van der Waals surface area contributed by atoms with Crippen molar-refractivity contribution >= 4 is 17.7 Å². The highest BCUT2D eigenvalue weighted by molar-refractivity contribution is 6.10. The minimum atomic E-state index is -5.25. The van der Waals surface area contributed by atoms with Gasteiger partial charge in [-0.05, 0) is 32.9 Å². The first-order valence-corrected chi connectivity index (χ1v) is 6.91.